The molecule has 58 valence electrons. The maximum atomic E-state index is 5.56. The van der Waals surface area contributed by atoms with E-state index in [4.69, 9.17) is 11.6 Å². The van der Waals surface area contributed by atoms with Gasteiger partial charge in [0, 0.05) is 23.1 Å². The quantitative estimate of drug-likeness (QED) is 0.749. The molecule has 11 heavy (non-hydrogen) atoms. The molecule has 0 saturated carbocycles. The van der Waals surface area contributed by atoms with Crippen LogP contribution >= 0.6 is 11.6 Å². The maximum Gasteiger partial charge on any atom is 0.0501 e. The van der Waals surface area contributed by atoms with Crippen LogP contribution < -0.4 is 5.32 Å². The Hall–Kier alpha value is -1.02. The van der Waals surface area contributed by atoms with Crippen molar-refractivity contribution in [1.29, 1.82) is 0 Å². The third-order valence-corrected chi connectivity index (χ3v) is 1.30. The van der Waals surface area contributed by atoms with Crippen LogP contribution in [0.2, 0.25) is 0 Å². The zero-order valence-electron chi connectivity index (χ0n) is 6.05. The molecule has 1 aromatic rings. The van der Waals surface area contributed by atoms with E-state index in [2.05, 4.69) is 16.9 Å². The number of hydrogen-bond acceptors (Lipinski definition) is 2. The monoisotopic (exact) mass is 168 g/mol. The molecule has 0 radical (unpaired) electrons. The van der Waals surface area contributed by atoms with Gasteiger partial charge in [0.15, 0.2) is 0 Å². The van der Waals surface area contributed by atoms with Crippen molar-refractivity contribution in [3.63, 3.8) is 0 Å². The van der Waals surface area contributed by atoms with Crippen LogP contribution in [0.3, 0.4) is 0 Å². The topological polar surface area (TPSA) is 24.9 Å². The van der Waals surface area contributed by atoms with Gasteiger partial charge in [-0.05, 0) is 12.1 Å². The fourth-order valence-electron chi connectivity index (χ4n) is 0.668. The Morgan fingerprint density at radius 1 is 1.55 bits per heavy atom. The van der Waals surface area contributed by atoms with E-state index < -0.39 is 0 Å². The van der Waals surface area contributed by atoms with Crippen LogP contribution in [0.4, 0.5) is 5.69 Å². The number of pyridine rings is 1. The van der Waals surface area contributed by atoms with Gasteiger partial charge in [-0.15, -0.1) is 0 Å². The van der Waals surface area contributed by atoms with Crippen molar-refractivity contribution in [1.82, 2.24) is 4.98 Å². The summed E-state index contributed by atoms with van der Waals surface area (Å²) >= 11 is 5.56. The zero-order valence-corrected chi connectivity index (χ0v) is 6.80. The predicted octanol–water partition coefficient (Wildman–Crippen LogP) is 2.25. The molecule has 0 aliphatic rings. The molecule has 0 bridgehead atoms. The molecule has 0 aliphatic carbocycles. The molecule has 1 rings (SSSR count). The standard InChI is InChI=1S/C8H9ClN2/c1-7(9)6-11-8-2-4-10-5-3-8/h2-5H,1,6H2,(H,10,11). The Labute approximate surface area is 70.9 Å². The Morgan fingerprint density at radius 2 is 2.18 bits per heavy atom. The highest BCUT2D eigenvalue weighted by molar-refractivity contribution is 6.29. The van der Waals surface area contributed by atoms with Crippen LogP contribution in [-0.4, -0.2) is 11.5 Å². The van der Waals surface area contributed by atoms with E-state index in [1.807, 2.05) is 12.1 Å². The van der Waals surface area contributed by atoms with Crippen LogP contribution in [0.1, 0.15) is 0 Å². The van der Waals surface area contributed by atoms with Gasteiger partial charge in [0.25, 0.3) is 0 Å². The number of aromatic nitrogens is 1. The van der Waals surface area contributed by atoms with Crippen LogP contribution in [-0.2, 0) is 0 Å². The van der Waals surface area contributed by atoms with Crippen LogP contribution in [0.25, 0.3) is 0 Å². The second-order valence-electron chi connectivity index (χ2n) is 2.11. The SMILES string of the molecule is C=C(Cl)CNc1ccncc1. The average molecular weight is 169 g/mol. The summed E-state index contributed by atoms with van der Waals surface area (Å²) in [5.41, 5.74) is 1.00. The first-order valence-corrected chi connectivity index (χ1v) is 3.64. The molecule has 1 heterocycles. The highest BCUT2D eigenvalue weighted by atomic mass is 35.5. The minimum absolute atomic E-state index is 0.589. The lowest BCUT2D eigenvalue weighted by atomic mass is 10.4. The Morgan fingerprint density at radius 3 is 2.73 bits per heavy atom. The van der Waals surface area contributed by atoms with E-state index in [0.717, 1.165) is 5.69 Å². The number of nitrogens with zero attached hydrogens (tertiary/aromatic N) is 1. The Balaban J connectivity index is 2.45. The van der Waals surface area contributed by atoms with Crippen molar-refractivity contribution in [2.24, 2.45) is 0 Å². The average Bonchev–Trinajstić information content (AvgIpc) is 2.03. The molecule has 1 N–H and O–H groups in total. The van der Waals surface area contributed by atoms with Crippen LogP contribution in [0, 0.1) is 0 Å². The Kier molecular flexibility index (Phi) is 2.93. The molecule has 0 unspecified atom stereocenters. The number of halogens is 1. The van der Waals surface area contributed by atoms with E-state index in [-0.39, 0.29) is 0 Å². The lowest BCUT2D eigenvalue weighted by Crippen LogP contribution is -1.99. The lowest BCUT2D eigenvalue weighted by Gasteiger charge is -2.02. The summed E-state index contributed by atoms with van der Waals surface area (Å²) in [6.45, 7) is 4.15. The van der Waals surface area contributed by atoms with Crippen LogP contribution in [0.15, 0.2) is 36.1 Å². The molecule has 3 heteroatoms. The van der Waals surface area contributed by atoms with Crippen molar-refractivity contribution in [3.8, 4) is 0 Å². The van der Waals surface area contributed by atoms with Gasteiger partial charge in [-0.1, -0.05) is 18.2 Å². The summed E-state index contributed by atoms with van der Waals surface area (Å²) in [6, 6.07) is 3.75. The largest absolute Gasteiger partial charge is 0.380 e. The van der Waals surface area contributed by atoms with Crippen molar-refractivity contribution >= 4 is 17.3 Å². The van der Waals surface area contributed by atoms with E-state index in [1.54, 1.807) is 12.4 Å². The summed E-state index contributed by atoms with van der Waals surface area (Å²) in [5, 5.41) is 3.67. The maximum absolute atomic E-state index is 5.56. The fraction of sp³-hybridized carbons (Fsp3) is 0.125. The highest BCUT2D eigenvalue weighted by Gasteiger charge is 1.89. The molecule has 0 aliphatic heterocycles. The van der Waals surface area contributed by atoms with Gasteiger partial charge < -0.3 is 5.32 Å². The lowest BCUT2D eigenvalue weighted by molar-refractivity contribution is 1.27. The first-order valence-electron chi connectivity index (χ1n) is 3.26. The number of nitrogens with one attached hydrogen (secondary N) is 1. The van der Waals surface area contributed by atoms with Crippen molar-refractivity contribution in [2.45, 2.75) is 0 Å². The number of rotatable bonds is 3. The van der Waals surface area contributed by atoms with Gasteiger partial charge in [-0.3, -0.25) is 4.98 Å². The van der Waals surface area contributed by atoms with E-state index in [0.29, 0.717) is 11.6 Å². The molecule has 0 amide bonds. The summed E-state index contributed by atoms with van der Waals surface area (Å²) in [7, 11) is 0. The molecule has 2 nitrogen and oxygen atoms in total. The third-order valence-electron chi connectivity index (χ3n) is 1.16. The van der Waals surface area contributed by atoms with Crippen molar-refractivity contribution in [2.75, 3.05) is 11.9 Å². The van der Waals surface area contributed by atoms with Gasteiger partial charge in [0.2, 0.25) is 0 Å². The number of anilines is 1. The van der Waals surface area contributed by atoms with Crippen LogP contribution in [0.5, 0.6) is 0 Å². The summed E-state index contributed by atoms with van der Waals surface area (Å²) in [4.78, 5) is 3.88. The molecule has 0 spiro atoms. The van der Waals surface area contributed by atoms with Gasteiger partial charge in [-0.2, -0.15) is 0 Å². The van der Waals surface area contributed by atoms with Gasteiger partial charge in [0.05, 0.1) is 6.54 Å². The predicted molar refractivity (Wildman–Crippen MR) is 47.7 cm³/mol. The van der Waals surface area contributed by atoms with E-state index >= 15 is 0 Å². The molecular weight excluding hydrogens is 160 g/mol. The molecule has 1 aromatic heterocycles. The molecule has 0 fully saturated rings. The van der Waals surface area contributed by atoms with Gasteiger partial charge in [0.1, 0.15) is 0 Å². The summed E-state index contributed by atoms with van der Waals surface area (Å²) in [6.07, 6.45) is 3.44. The molecule has 0 aromatic carbocycles. The summed E-state index contributed by atoms with van der Waals surface area (Å²) in [5.74, 6) is 0. The minimum atomic E-state index is 0.589. The summed E-state index contributed by atoms with van der Waals surface area (Å²) < 4.78 is 0. The molecule has 0 atom stereocenters. The van der Waals surface area contributed by atoms with E-state index in [1.165, 1.54) is 0 Å². The first-order chi connectivity index (χ1) is 5.29. The molecule has 0 saturated heterocycles. The molecular formula is C8H9ClN2. The highest BCUT2D eigenvalue weighted by Crippen LogP contribution is 2.04. The van der Waals surface area contributed by atoms with Gasteiger partial charge in [-0.25, -0.2) is 0 Å². The van der Waals surface area contributed by atoms with Crippen molar-refractivity contribution in [3.05, 3.63) is 36.1 Å². The number of hydrogen-bond donors (Lipinski definition) is 1. The Bertz CT molecular complexity index is 233. The normalized spacial score (nSPS) is 9.18. The van der Waals surface area contributed by atoms with Crippen molar-refractivity contribution < 1.29 is 0 Å². The minimum Gasteiger partial charge on any atom is -0.380 e. The van der Waals surface area contributed by atoms with Gasteiger partial charge >= 0.3 is 0 Å². The smallest absolute Gasteiger partial charge is 0.0501 e. The second-order valence-corrected chi connectivity index (χ2v) is 2.64. The van der Waals surface area contributed by atoms with E-state index in [9.17, 15) is 0 Å². The zero-order chi connectivity index (χ0) is 8.10. The third kappa shape index (κ3) is 3.05. The fourth-order valence-corrected chi connectivity index (χ4v) is 0.735. The first kappa shape index (κ1) is 8.08. The second kappa shape index (κ2) is 3.98.